The molecule has 0 saturated carbocycles. The molecule has 0 amide bonds. The van der Waals surface area contributed by atoms with Crippen LogP contribution in [0.4, 0.5) is 0 Å². The molecule has 0 aliphatic rings. The van der Waals surface area contributed by atoms with Gasteiger partial charge < -0.3 is 9.84 Å². The molecule has 1 rings (SSSR count). The van der Waals surface area contributed by atoms with Crippen molar-refractivity contribution in [2.45, 2.75) is 33.6 Å². The van der Waals surface area contributed by atoms with Gasteiger partial charge in [-0.1, -0.05) is 27.2 Å². The van der Waals surface area contributed by atoms with E-state index in [9.17, 15) is 4.79 Å². The maximum absolute atomic E-state index is 10.7. The molecule has 0 bridgehead atoms. The summed E-state index contributed by atoms with van der Waals surface area (Å²) >= 11 is 0. The Labute approximate surface area is 102 Å². The Morgan fingerprint density at radius 3 is 2.35 bits per heavy atom. The van der Waals surface area contributed by atoms with Crippen molar-refractivity contribution in [2.75, 3.05) is 6.61 Å². The number of hydrogen-bond acceptors (Lipinski definition) is 2. The first-order valence-electron chi connectivity index (χ1n) is 5.91. The standard InChI is InChI=1S/C14H20O3/c1-4-14(2,3)9-10-17-12-7-5-11(6-8-12)13(15)16/h5-8H,4,9-10H2,1-3H3,(H,15,16). The normalized spacial score (nSPS) is 11.2. The molecule has 0 aliphatic heterocycles. The number of carboxylic acid groups (broad SMARTS) is 1. The second-order valence-corrected chi connectivity index (χ2v) is 4.95. The molecule has 0 aromatic heterocycles. The second kappa shape index (κ2) is 5.71. The molecule has 0 heterocycles. The summed E-state index contributed by atoms with van der Waals surface area (Å²) in [6.45, 7) is 7.25. The highest BCUT2D eigenvalue weighted by Crippen LogP contribution is 2.24. The van der Waals surface area contributed by atoms with E-state index in [1.165, 1.54) is 0 Å². The molecular weight excluding hydrogens is 216 g/mol. The van der Waals surface area contributed by atoms with Crippen LogP contribution in [-0.2, 0) is 0 Å². The fourth-order valence-electron chi connectivity index (χ4n) is 1.32. The molecule has 0 atom stereocenters. The third kappa shape index (κ3) is 4.47. The monoisotopic (exact) mass is 236 g/mol. The molecule has 0 aliphatic carbocycles. The van der Waals surface area contributed by atoms with Crippen molar-refractivity contribution >= 4 is 5.97 Å². The van der Waals surface area contributed by atoms with Crippen LogP contribution in [0, 0.1) is 5.41 Å². The van der Waals surface area contributed by atoms with Gasteiger partial charge in [0.25, 0.3) is 0 Å². The van der Waals surface area contributed by atoms with Crippen molar-refractivity contribution in [3.63, 3.8) is 0 Å². The van der Waals surface area contributed by atoms with E-state index < -0.39 is 5.97 Å². The zero-order valence-electron chi connectivity index (χ0n) is 10.7. The molecule has 0 radical (unpaired) electrons. The highest BCUT2D eigenvalue weighted by atomic mass is 16.5. The van der Waals surface area contributed by atoms with E-state index >= 15 is 0 Å². The SMILES string of the molecule is CCC(C)(C)CCOc1ccc(C(=O)O)cc1. The number of benzene rings is 1. The second-order valence-electron chi connectivity index (χ2n) is 4.95. The predicted octanol–water partition coefficient (Wildman–Crippen LogP) is 3.59. The highest BCUT2D eigenvalue weighted by Gasteiger charge is 2.14. The summed E-state index contributed by atoms with van der Waals surface area (Å²) in [5, 5.41) is 8.75. The minimum atomic E-state index is -0.913. The minimum absolute atomic E-state index is 0.284. The van der Waals surface area contributed by atoms with Gasteiger partial charge >= 0.3 is 5.97 Å². The summed E-state index contributed by atoms with van der Waals surface area (Å²) in [7, 11) is 0. The van der Waals surface area contributed by atoms with Crippen LogP contribution in [0.25, 0.3) is 0 Å². The average Bonchev–Trinajstić information content (AvgIpc) is 2.29. The average molecular weight is 236 g/mol. The van der Waals surface area contributed by atoms with Gasteiger partial charge in [0.05, 0.1) is 12.2 Å². The van der Waals surface area contributed by atoms with Crippen molar-refractivity contribution in [2.24, 2.45) is 5.41 Å². The summed E-state index contributed by atoms with van der Waals surface area (Å²) in [4.78, 5) is 10.7. The summed E-state index contributed by atoms with van der Waals surface area (Å²) in [6.07, 6.45) is 2.11. The number of carboxylic acids is 1. The molecule has 0 fully saturated rings. The van der Waals surface area contributed by atoms with Crippen molar-refractivity contribution in [3.05, 3.63) is 29.8 Å². The van der Waals surface area contributed by atoms with Gasteiger partial charge in [-0.3, -0.25) is 0 Å². The molecule has 0 spiro atoms. The van der Waals surface area contributed by atoms with Gasteiger partial charge in [0.15, 0.2) is 0 Å². The van der Waals surface area contributed by atoms with Crippen LogP contribution in [-0.4, -0.2) is 17.7 Å². The largest absolute Gasteiger partial charge is 0.494 e. The number of hydrogen-bond donors (Lipinski definition) is 1. The molecule has 1 N–H and O–H groups in total. The Hall–Kier alpha value is -1.51. The van der Waals surface area contributed by atoms with Gasteiger partial charge in [0.2, 0.25) is 0 Å². The van der Waals surface area contributed by atoms with Crippen LogP contribution in [0.2, 0.25) is 0 Å². The topological polar surface area (TPSA) is 46.5 Å². The van der Waals surface area contributed by atoms with Crippen LogP contribution in [0.1, 0.15) is 44.0 Å². The number of aromatic carboxylic acids is 1. The molecule has 3 nitrogen and oxygen atoms in total. The molecule has 3 heteroatoms. The predicted molar refractivity (Wildman–Crippen MR) is 67.6 cm³/mol. The highest BCUT2D eigenvalue weighted by molar-refractivity contribution is 5.87. The van der Waals surface area contributed by atoms with Crippen LogP contribution in [0.15, 0.2) is 24.3 Å². The van der Waals surface area contributed by atoms with Gasteiger partial charge in [0, 0.05) is 0 Å². The molecule has 0 saturated heterocycles. The van der Waals surface area contributed by atoms with Crippen molar-refractivity contribution < 1.29 is 14.6 Å². The van der Waals surface area contributed by atoms with Crippen molar-refractivity contribution in [1.29, 1.82) is 0 Å². The Bertz CT molecular complexity index is 366. The quantitative estimate of drug-likeness (QED) is 0.821. The van der Waals surface area contributed by atoms with Crippen LogP contribution >= 0.6 is 0 Å². The van der Waals surface area contributed by atoms with E-state index in [-0.39, 0.29) is 5.56 Å². The van der Waals surface area contributed by atoms with Crippen LogP contribution in [0.3, 0.4) is 0 Å². The van der Waals surface area contributed by atoms with E-state index in [4.69, 9.17) is 9.84 Å². The Balaban J connectivity index is 2.45. The lowest BCUT2D eigenvalue weighted by atomic mass is 9.87. The molecule has 1 aromatic rings. The molecule has 17 heavy (non-hydrogen) atoms. The molecule has 0 unspecified atom stereocenters. The van der Waals surface area contributed by atoms with Gasteiger partial charge in [-0.15, -0.1) is 0 Å². The Morgan fingerprint density at radius 2 is 1.88 bits per heavy atom. The number of carbonyl (C=O) groups is 1. The maximum Gasteiger partial charge on any atom is 0.335 e. The van der Waals surface area contributed by atoms with Gasteiger partial charge in [-0.05, 0) is 36.1 Å². The van der Waals surface area contributed by atoms with Gasteiger partial charge in [-0.25, -0.2) is 4.79 Å². The smallest absolute Gasteiger partial charge is 0.335 e. The molecular formula is C14H20O3. The first-order chi connectivity index (χ1) is 7.94. The van der Waals surface area contributed by atoms with Crippen LogP contribution < -0.4 is 4.74 Å². The van der Waals surface area contributed by atoms with E-state index in [2.05, 4.69) is 20.8 Å². The summed E-state index contributed by atoms with van der Waals surface area (Å²) in [5.74, 6) is -0.189. The Kier molecular flexibility index (Phi) is 4.55. The molecule has 1 aromatic carbocycles. The van der Waals surface area contributed by atoms with Crippen molar-refractivity contribution in [3.8, 4) is 5.75 Å². The first-order valence-corrected chi connectivity index (χ1v) is 5.91. The minimum Gasteiger partial charge on any atom is -0.494 e. The van der Waals surface area contributed by atoms with E-state index in [0.717, 1.165) is 18.6 Å². The number of ether oxygens (including phenoxy) is 1. The van der Waals surface area contributed by atoms with Gasteiger partial charge in [0.1, 0.15) is 5.75 Å². The van der Waals surface area contributed by atoms with Crippen LogP contribution in [0.5, 0.6) is 5.75 Å². The lowest BCUT2D eigenvalue weighted by Crippen LogP contribution is -2.14. The lowest BCUT2D eigenvalue weighted by Gasteiger charge is -2.22. The third-order valence-corrected chi connectivity index (χ3v) is 3.11. The maximum atomic E-state index is 10.7. The van der Waals surface area contributed by atoms with Crippen molar-refractivity contribution in [1.82, 2.24) is 0 Å². The fraction of sp³-hybridized carbons (Fsp3) is 0.500. The van der Waals surface area contributed by atoms with E-state index in [1.807, 2.05) is 0 Å². The number of rotatable bonds is 6. The molecule has 94 valence electrons. The summed E-state index contributed by atoms with van der Waals surface area (Å²) in [5.41, 5.74) is 0.576. The summed E-state index contributed by atoms with van der Waals surface area (Å²) < 4.78 is 5.59. The summed E-state index contributed by atoms with van der Waals surface area (Å²) in [6, 6.07) is 6.51. The third-order valence-electron chi connectivity index (χ3n) is 3.11. The van der Waals surface area contributed by atoms with E-state index in [1.54, 1.807) is 24.3 Å². The zero-order chi connectivity index (χ0) is 12.9. The van der Waals surface area contributed by atoms with E-state index in [0.29, 0.717) is 12.0 Å². The fourth-order valence-corrected chi connectivity index (χ4v) is 1.32. The lowest BCUT2D eigenvalue weighted by molar-refractivity contribution is 0.0697. The Morgan fingerprint density at radius 1 is 1.29 bits per heavy atom. The first kappa shape index (κ1) is 13.6. The zero-order valence-corrected chi connectivity index (χ0v) is 10.7. The van der Waals surface area contributed by atoms with Gasteiger partial charge in [-0.2, -0.15) is 0 Å².